The minimum absolute atomic E-state index is 0.498. The molecule has 0 heterocycles. The maximum Gasteiger partial charge on any atom is 0.0532 e. The van der Waals surface area contributed by atoms with Gasteiger partial charge in [0, 0.05) is 12.5 Å². The lowest BCUT2D eigenvalue weighted by atomic mass is 10.0. The van der Waals surface area contributed by atoms with Crippen LogP contribution in [0.2, 0.25) is 0 Å². The molecule has 1 heteroatoms. The van der Waals surface area contributed by atoms with Gasteiger partial charge in [-0.1, -0.05) is 51.1 Å². The molecule has 0 unspecified atom stereocenters. The zero-order valence-electron chi connectivity index (χ0n) is 10.1. The van der Waals surface area contributed by atoms with E-state index in [-0.39, 0.29) is 0 Å². The quantitative estimate of drug-likeness (QED) is 0.642. The SMILES string of the molecule is CC(C)CCOC[C@H](C)c1ccccc1. The molecule has 0 N–H and O–H groups in total. The average Bonchev–Trinajstić information content (AvgIpc) is 2.25. The summed E-state index contributed by atoms with van der Waals surface area (Å²) in [5.41, 5.74) is 1.36. The summed E-state index contributed by atoms with van der Waals surface area (Å²) in [6.07, 6.45) is 1.15. The zero-order valence-corrected chi connectivity index (χ0v) is 10.1. The molecular formula is C14H22O. The first-order valence-corrected chi connectivity index (χ1v) is 5.83. The second kappa shape index (κ2) is 6.62. The van der Waals surface area contributed by atoms with Crippen molar-refractivity contribution >= 4 is 0 Å². The molecule has 1 aromatic rings. The third kappa shape index (κ3) is 4.98. The van der Waals surface area contributed by atoms with Gasteiger partial charge in [0.15, 0.2) is 0 Å². The van der Waals surface area contributed by atoms with Crippen molar-refractivity contribution in [2.75, 3.05) is 13.2 Å². The van der Waals surface area contributed by atoms with Crippen molar-refractivity contribution < 1.29 is 4.74 Å². The monoisotopic (exact) mass is 206 g/mol. The summed E-state index contributed by atoms with van der Waals surface area (Å²) >= 11 is 0. The molecule has 1 atom stereocenters. The predicted molar refractivity (Wildman–Crippen MR) is 65.1 cm³/mol. The summed E-state index contributed by atoms with van der Waals surface area (Å²) in [6.45, 7) is 8.38. The molecule has 0 bridgehead atoms. The Morgan fingerprint density at radius 1 is 1.07 bits per heavy atom. The summed E-state index contributed by atoms with van der Waals surface area (Å²) in [5, 5.41) is 0. The third-order valence-corrected chi connectivity index (χ3v) is 2.58. The van der Waals surface area contributed by atoms with Crippen molar-refractivity contribution in [1.29, 1.82) is 0 Å². The number of ether oxygens (including phenoxy) is 1. The first kappa shape index (κ1) is 12.3. The molecule has 0 amide bonds. The standard InChI is InChI=1S/C14H22O/c1-12(2)9-10-15-11-13(3)14-7-5-4-6-8-14/h4-8,12-13H,9-11H2,1-3H3/t13-/m0/s1. The lowest BCUT2D eigenvalue weighted by Crippen LogP contribution is -2.06. The molecule has 0 saturated heterocycles. The Morgan fingerprint density at radius 2 is 1.73 bits per heavy atom. The molecule has 0 fully saturated rings. The van der Waals surface area contributed by atoms with E-state index in [0.29, 0.717) is 5.92 Å². The molecule has 0 saturated carbocycles. The second-order valence-electron chi connectivity index (χ2n) is 4.57. The lowest BCUT2D eigenvalue weighted by molar-refractivity contribution is 0.113. The number of rotatable bonds is 6. The maximum absolute atomic E-state index is 5.66. The Balaban J connectivity index is 2.22. The van der Waals surface area contributed by atoms with Crippen molar-refractivity contribution in [1.82, 2.24) is 0 Å². The van der Waals surface area contributed by atoms with E-state index in [2.05, 4.69) is 51.1 Å². The molecule has 0 aliphatic heterocycles. The maximum atomic E-state index is 5.66. The highest BCUT2D eigenvalue weighted by molar-refractivity contribution is 5.18. The molecular weight excluding hydrogens is 184 g/mol. The topological polar surface area (TPSA) is 9.23 Å². The van der Waals surface area contributed by atoms with Crippen LogP contribution in [0, 0.1) is 5.92 Å². The minimum atomic E-state index is 0.498. The summed E-state index contributed by atoms with van der Waals surface area (Å²) in [5.74, 6) is 1.23. The molecule has 0 aromatic heterocycles. The highest BCUT2D eigenvalue weighted by Gasteiger charge is 2.04. The predicted octanol–water partition coefficient (Wildman–Crippen LogP) is 3.85. The van der Waals surface area contributed by atoms with Crippen molar-refractivity contribution in [2.24, 2.45) is 5.92 Å². The first-order chi connectivity index (χ1) is 7.20. The van der Waals surface area contributed by atoms with Crippen molar-refractivity contribution in [3.05, 3.63) is 35.9 Å². The van der Waals surface area contributed by atoms with E-state index < -0.39 is 0 Å². The number of hydrogen-bond donors (Lipinski definition) is 0. The van der Waals surface area contributed by atoms with Crippen LogP contribution >= 0.6 is 0 Å². The normalized spacial score (nSPS) is 13.1. The van der Waals surface area contributed by atoms with Crippen LogP contribution in [-0.4, -0.2) is 13.2 Å². The number of benzene rings is 1. The van der Waals surface area contributed by atoms with Gasteiger partial charge < -0.3 is 4.74 Å². The summed E-state index contributed by atoms with van der Waals surface area (Å²) in [7, 11) is 0. The highest BCUT2D eigenvalue weighted by atomic mass is 16.5. The van der Waals surface area contributed by atoms with E-state index in [0.717, 1.165) is 25.6 Å². The van der Waals surface area contributed by atoms with Gasteiger partial charge in [-0.3, -0.25) is 0 Å². The third-order valence-electron chi connectivity index (χ3n) is 2.58. The van der Waals surface area contributed by atoms with Gasteiger partial charge in [-0.05, 0) is 17.9 Å². The average molecular weight is 206 g/mol. The lowest BCUT2D eigenvalue weighted by Gasteiger charge is -2.13. The van der Waals surface area contributed by atoms with Crippen LogP contribution in [0.25, 0.3) is 0 Å². The Labute approximate surface area is 93.5 Å². The van der Waals surface area contributed by atoms with Gasteiger partial charge in [-0.25, -0.2) is 0 Å². The summed E-state index contributed by atoms with van der Waals surface area (Å²) in [4.78, 5) is 0. The first-order valence-electron chi connectivity index (χ1n) is 5.83. The summed E-state index contributed by atoms with van der Waals surface area (Å²) < 4.78 is 5.66. The van der Waals surface area contributed by atoms with Crippen LogP contribution in [0.5, 0.6) is 0 Å². The molecule has 84 valence electrons. The Kier molecular flexibility index (Phi) is 5.41. The fourth-order valence-electron chi connectivity index (χ4n) is 1.46. The molecule has 1 nitrogen and oxygen atoms in total. The molecule has 15 heavy (non-hydrogen) atoms. The van der Waals surface area contributed by atoms with Crippen LogP contribution < -0.4 is 0 Å². The van der Waals surface area contributed by atoms with Crippen LogP contribution in [-0.2, 0) is 4.74 Å². The molecule has 0 radical (unpaired) electrons. The largest absolute Gasteiger partial charge is 0.381 e. The molecule has 1 rings (SSSR count). The van der Waals surface area contributed by atoms with E-state index in [1.165, 1.54) is 5.56 Å². The van der Waals surface area contributed by atoms with Gasteiger partial charge in [0.1, 0.15) is 0 Å². The fraction of sp³-hybridized carbons (Fsp3) is 0.571. The van der Waals surface area contributed by atoms with Crippen molar-refractivity contribution in [3.63, 3.8) is 0 Å². The van der Waals surface area contributed by atoms with E-state index in [9.17, 15) is 0 Å². The van der Waals surface area contributed by atoms with E-state index >= 15 is 0 Å². The molecule has 0 spiro atoms. The van der Waals surface area contributed by atoms with Crippen molar-refractivity contribution in [2.45, 2.75) is 33.1 Å². The van der Waals surface area contributed by atoms with Crippen LogP contribution in [0.15, 0.2) is 30.3 Å². The second-order valence-corrected chi connectivity index (χ2v) is 4.57. The van der Waals surface area contributed by atoms with Crippen LogP contribution in [0.1, 0.15) is 38.7 Å². The smallest absolute Gasteiger partial charge is 0.0532 e. The molecule has 1 aromatic carbocycles. The van der Waals surface area contributed by atoms with E-state index in [4.69, 9.17) is 4.74 Å². The Bertz CT molecular complexity index is 253. The van der Waals surface area contributed by atoms with Crippen LogP contribution in [0.3, 0.4) is 0 Å². The van der Waals surface area contributed by atoms with E-state index in [1.807, 2.05) is 0 Å². The zero-order chi connectivity index (χ0) is 11.1. The van der Waals surface area contributed by atoms with Gasteiger partial charge in [0.05, 0.1) is 6.61 Å². The van der Waals surface area contributed by atoms with Crippen LogP contribution in [0.4, 0.5) is 0 Å². The van der Waals surface area contributed by atoms with E-state index in [1.54, 1.807) is 0 Å². The minimum Gasteiger partial charge on any atom is -0.381 e. The van der Waals surface area contributed by atoms with Crippen molar-refractivity contribution in [3.8, 4) is 0 Å². The summed E-state index contributed by atoms with van der Waals surface area (Å²) in [6, 6.07) is 10.5. The van der Waals surface area contributed by atoms with Gasteiger partial charge in [-0.2, -0.15) is 0 Å². The Morgan fingerprint density at radius 3 is 2.33 bits per heavy atom. The van der Waals surface area contributed by atoms with Gasteiger partial charge in [0.25, 0.3) is 0 Å². The highest BCUT2D eigenvalue weighted by Crippen LogP contribution is 2.14. The van der Waals surface area contributed by atoms with Gasteiger partial charge >= 0.3 is 0 Å². The molecule has 0 aliphatic carbocycles. The molecule has 0 aliphatic rings. The number of hydrogen-bond acceptors (Lipinski definition) is 1. The van der Waals surface area contributed by atoms with Gasteiger partial charge in [-0.15, -0.1) is 0 Å². The van der Waals surface area contributed by atoms with Gasteiger partial charge in [0.2, 0.25) is 0 Å². The fourth-order valence-corrected chi connectivity index (χ4v) is 1.46. The Hall–Kier alpha value is -0.820.